The van der Waals surface area contributed by atoms with Crippen LogP contribution < -0.4 is 5.73 Å². The topological polar surface area (TPSA) is 46.3 Å². The lowest BCUT2D eigenvalue weighted by Gasteiger charge is -2.19. The number of carbonyl (C=O) groups is 1. The van der Waals surface area contributed by atoms with E-state index in [2.05, 4.69) is 0 Å². The van der Waals surface area contributed by atoms with Crippen LogP contribution in [0.2, 0.25) is 5.02 Å². The number of carbonyl (C=O) groups excluding carboxylic acids is 1. The molecular weight excluding hydrogens is 224 g/mol. The van der Waals surface area contributed by atoms with Gasteiger partial charge in [-0.2, -0.15) is 0 Å². The number of hydrogen-bond acceptors (Lipinski definition) is 2. The van der Waals surface area contributed by atoms with E-state index < -0.39 is 0 Å². The van der Waals surface area contributed by atoms with E-state index in [0.717, 1.165) is 30.5 Å². The van der Waals surface area contributed by atoms with Gasteiger partial charge in [-0.15, -0.1) is 0 Å². The molecule has 0 saturated carbocycles. The van der Waals surface area contributed by atoms with Gasteiger partial charge in [0, 0.05) is 30.2 Å². The molecule has 0 atom stereocenters. The first-order valence-corrected chi connectivity index (χ1v) is 5.88. The van der Waals surface area contributed by atoms with E-state index in [0.29, 0.717) is 18.1 Å². The molecule has 0 aliphatic carbocycles. The summed E-state index contributed by atoms with van der Waals surface area (Å²) in [6.07, 6.45) is 1.81. The lowest BCUT2D eigenvalue weighted by molar-refractivity contribution is 0.0766. The smallest absolute Gasteiger partial charge is 0.254 e. The Kier molecular flexibility index (Phi) is 3.46. The van der Waals surface area contributed by atoms with Crippen molar-refractivity contribution in [1.29, 1.82) is 0 Å². The summed E-state index contributed by atoms with van der Waals surface area (Å²) in [6.45, 7) is 1.88. The van der Waals surface area contributed by atoms with Crippen LogP contribution in [0.15, 0.2) is 18.2 Å². The fraction of sp³-hybridized carbons (Fsp3) is 0.417. The number of amides is 1. The Morgan fingerprint density at radius 1 is 1.44 bits per heavy atom. The maximum atomic E-state index is 12.2. The van der Waals surface area contributed by atoms with E-state index in [1.807, 2.05) is 23.1 Å². The Bertz CT molecular complexity index is 406. The van der Waals surface area contributed by atoms with Gasteiger partial charge in [0.05, 0.1) is 0 Å². The number of halogens is 1. The summed E-state index contributed by atoms with van der Waals surface area (Å²) in [4.78, 5) is 14.0. The van der Waals surface area contributed by atoms with Crippen LogP contribution in [0.4, 0.5) is 0 Å². The van der Waals surface area contributed by atoms with Crippen molar-refractivity contribution in [2.45, 2.75) is 12.8 Å². The minimum Gasteiger partial charge on any atom is -0.337 e. The molecule has 4 heteroatoms. The lowest BCUT2D eigenvalue weighted by atomic mass is 10.0. The Morgan fingerprint density at radius 3 is 3.00 bits per heavy atom. The maximum absolute atomic E-state index is 12.2. The molecule has 2 rings (SSSR count). The van der Waals surface area contributed by atoms with Gasteiger partial charge < -0.3 is 10.6 Å². The second kappa shape index (κ2) is 4.85. The standard InChI is InChI=1S/C12H15ClN2O/c13-11-5-1-3-10-9(11)4-2-7-15(8-6-14)12(10)16/h1,3,5H,2,4,6-8,14H2. The zero-order chi connectivity index (χ0) is 11.5. The van der Waals surface area contributed by atoms with Crippen molar-refractivity contribution in [2.75, 3.05) is 19.6 Å². The van der Waals surface area contributed by atoms with Crippen LogP contribution in [0.5, 0.6) is 0 Å². The van der Waals surface area contributed by atoms with Crippen LogP contribution in [0.25, 0.3) is 0 Å². The number of nitrogens with zero attached hydrogens (tertiary/aromatic N) is 1. The highest BCUT2D eigenvalue weighted by Crippen LogP contribution is 2.25. The molecule has 1 heterocycles. The Morgan fingerprint density at radius 2 is 2.25 bits per heavy atom. The SMILES string of the molecule is NCCN1CCCc2c(Cl)cccc2C1=O. The molecule has 2 N–H and O–H groups in total. The van der Waals surface area contributed by atoms with E-state index in [1.54, 1.807) is 0 Å². The molecule has 1 aliphatic rings. The molecule has 0 unspecified atom stereocenters. The summed E-state index contributed by atoms with van der Waals surface area (Å²) in [6, 6.07) is 5.51. The van der Waals surface area contributed by atoms with Gasteiger partial charge in [0.1, 0.15) is 0 Å². The number of rotatable bonds is 2. The second-order valence-corrected chi connectivity index (χ2v) is 4.36. The first-order valence-electron chi connectivity index (χ1n) is 5.50. The third-order valence-electron chi connectivity index (χ3n) is 2.89. The van der Waals surface area contributed by atoms with Gasteiger partial charge >= 0.3 is 0 Å². The fourth-order valence-electron chi connectivity index (χ4n) is 2.10. The van der Waals surface area contributed by atoms with E-state index >= 15 is 0 Å². The zero-order valence-electron chi connectivity index (χ0n) is 9.08. The van der Waals surface area contributed by atoms with Crippen LogP contribution in [-0.4, -0.2) is 30.4 Å². The molecule has 0 radical (unpaired) electrons. The van der Waals surface area contributed by atoms with Crippen molar-refractivity contribution in [3.63, 3.8) is 0 Å². The van der Waals surface area contributed by atoms with Crippen molar-refractivity contribution in [3.8, 4) is 0 Å². The highest BCUT2D eigenvalue weighted by Gasteiger charge is 2.22. The molecule has 0 aromatic heterocycles. The Balaban J connectivity index is 2.37. The zero-order valence-corrected chi connectivity index (χ0v) is 9.83. The number of benzene rings is 1. The lowest BCUT2D eigenvalue weighted by Crippen LogP contribution is -2.35. The van der Waals surface area contributed by atoms with Crippen LogP contribution in [0.3, 0.4) is 0 Å². The van der Waals surface area contributed by atoms with Gasteiger partial charge in [0.25, 0.3) is 5.91 Å². The summed E-state index contributed by atoms with van der Waals surface area (Å²) in [5, 5.41) is 0.695. The third kappa shape index (κ3) is 2.06. The van der Waals surface area contributed by atoms with Crippen molar-refractivity contribution < 1.29 is 4.79 Å². The molecule has 0 saturated heterocycles. The maximum Gasteiger partial charge on any atom is 0.254 e. The molecule has 0 spiro atoms. The first kappa shape index (κ1) is 11.4. The van der Waals surface area contributed by atoms with Crippen molar-refractivity contribution in [3.05, 3.63) is 34.3 Å². The third-order valence-corrected chi connectivity index (χ3v) is 3.24. The Hall–Kier alpha value is -1.06. The van der Waals surface area contributed by atoms with Crippen LogP contribution in [-0.2, 0) is 6.42 Å². The molecular formula is C12H15ClN2O. The van der Waals surface area contributed by atoms with Gasteiger partial charge in [-0.05, 0) is 30.5 Å². The van der Waals surface area contributed by atoms with Crippen LogP contribution >= 0.6 is 11.6 Å². The monoisotopic (exact) mass is 238 g/mol. The molecule has 1 aliphatic heterocycles. The first-order chi connectivity index (χ1) is 7.74. The summed E-state index contributed by atoms with van der Waals surface area (Å²) < 4.78 is 0. The number of nitrogens with two attached hydrogens (primary N) is 1. The average molecular weight is 239 g/mol. The molecule has 86 valence electrons. The van der Waals surface area contributed by atoms with Crippen molar-refractivity contribution >= 4 is 17.5 Å². The molecule has 3 nitrogen and oxygen atoms in total. The minimum absolute atomic E-state index is 0.0560. The molecule has 0 bridgehead atoms. The molecule has 16 heavy (non-hydrogen) atoms. The largest absolute Gasteiger partial charge is 0.337 e. The predicted octanol–water partition coefficient (Wildman–Crippen LogP) is 1.69. The van der Waals surface area contributed by atoms with E-state index in [4.69, 9.17) is 17.3 Å². The molecule has 0 fully saturated rings. The molecule has 1 aromatic rings. The van der Waals surface area contributed by atoms with E-state index in [-0.39, 0.29) is 5.91 Å². The molecule has 1 aromatic carbocycles. The Labute approximate surface area is 100 Å². The van der Waals surface area contributed by atoms with Gasteiger partial charge in [0.2, 0.25) is 0 Å². The van der Waals surface area contributed by atoms with Crippen LogP contribution in [0.1, 0.15) is 22.3 Å². The highest BCUT2D eigenvalue weighted by atomic mass is 35.5. The average Bonchev–Trinajstić information content (AvgIpc) is 2.43. The van der Waals surface area contributed by atoms with Crippen LogP contribution in [0, 0.1) is 0 Å². The minimum atomic E-state index is 0.0560. The van der Waals surface area contributed by atoms with Crippen molar-refractivity contribution in [2.24, 2.45) is 5.73 Å². The van der Waals surface area contributed by atoms with Gasteiger partial charge in [-0.25, -0.2) is 0 Å². The summed E-state index contributed by atoms with van der Waals surface area (Å²) in [7, 11) is 0. The number of hydrogen-bond donors (Lipinski definition) is 1. The fourth-order valence-corrected chi connectivity index (χ4v) is 2.37. The summed E-state index contributed by atoms with van der Waals surface area (Å²) in [5.74, 6) is 0.0560. The normalized spacial score (nSPS) is 15.9. The predicted molar refractivity (Wildman–Crippen MR) is 64.7 cm³/mol. The van der Waals surface area contributed by atoms with Gasteiger partial charge in [-0.1, -0.05) is 17.7 Å². The van der Waals surface area contributed by atoms with Gasteiger partial charge in [0.15, 0.2) is 0 Å². The van der Waals surface area contributed by atoms with Gasteiger partial charge in [-0.3, -0.25) is 4.79 Å². The van der Waals surface area contributed by atoms with Crippen molar-refractivity contribution in [1.82, 2.24) is 4.90 Å². The van der Waals surface area contributed by atoms with E-state index in [1.165, 1.54) is 0 Å². The van der Waals surface area contributed by atoms with E-state index in [9.17, 15) is 4.79 Å². The molecule has 1 amide bonds. The quantitative estimate of drug-likeness (QED) is 0.852. The summed E-state index contributed by atoms with van der Waals surface area (Å²) in [5.41, 5.74) is 7.22. The second-order valence-electron chi connectivity index (χ2n) is 3.95. The summed E-state index contributed by atoms with van der Waals surface area (Å²) >= 11 is 6.11. The number of fused-ring (bicyclic) bond motifs is 1. The highest BCUT2D eigenvalue weighted by molar-refractivity contribution is 6.31.